The van der Waals surface area contributed by atoms with Crippen LogP contribution in [0.15, 0.2) is 42.5 Å². The third kappa shape index (κ3) is 2.03. The minimum absolute atomic E-state index is 0.0221. The molecule has 0 heterocycles. The van der Waals surface area contributed by atoms with Gasteiger partial charge in [0.15, 0.2) is 11.6 Å². The Hall–Kier alpha value is -2.50. The molecule has 3 rings (SSSR count). The lowest BCUT2D eigenvalue weighted by atomic mass is 9.89. The molecule has 1 aliphatic carbocycles. The Morgan fingerprint density at radius 1 is 0.818 bits per heavy atom. The number of benzene rings is 2. The quantitative estimate of drug-likeness (QED) is 0.589. The summed E-state index contributed by atoms with van der Waals surface area (Å²) in [5.74, 6) is -4.61. The molecular formula is C16H8F4O2. The summed E-state index contributed by atoms with van der Waals surface area (Å²) in [5, 5.41) is 0. The van der Waals surface area contributed by atoms with Crippen molar-refractivity contribution in [2.45, 2.75) is 12.1 Å². The minimum Gasteiger partial charge on any atom is -0.293 e. The summed E-state index contributed by atoms with van der Waals surface area (Å²) in [7, 11) is 0. The average molecular weight is 308 g/mol. The highest BCUT2D eigenvalue weighted by Crippen LogP contribution is 2.41. The fourth-order valence-electron chi connectivity index (χ4n) is 2.68. The maximum atomic E-state index is 14.0. The lowest BCUT2D eigenvalue weighted by molar-refractivity contribution is -0.138. The minimum atomic E-state index is -4.85. The van der Waals surface area contributed by atoms with Gasteiger partial charge in [-0.3, -0.25) is 9.59 Å². The number of rotatable bonds is 1. The molecule has 0 amide bonds. The summed E-state index contributed by atoms with van der Waals surface area (Å²) < 4.78 is 53.2. The van der Waals surface area contributed by atoms with Crippen LogP contribution in [0.2, 0.25) is 0 Å². The van der Waals surface area contributed by atoms with Crippen LogP contribution >= 0.6 is 0 Å². The van der Waals surface area contributed by atoms with Gasteiger partial charge in [0.05, 0.1) is 5.56 Å². The van der Waals surface area contributed by atoms with E-state index in [1.54, 1.807) is 0 Å². The number of carbonyl (C=O) groups excluding carboxylic acids is 2. The molecule has 0 saturated heterocycles. The molecule has 0 atom stereocenters. The lowest BCUT2D eigenvalue weighted by Gasteiger charge is -2.16. The van der Waals surface area contributed by atoms with Gasteiger partial charge in [-0.25, -0.2) is 4.39 Å². The van der Waals surface area contributed by atoms with Crippen molar-refractivity contribution < 1.29 is 27.2 Å². The van der Waals surface area contributed by atoms with E-state index < -0.39 is 40.6 Å². The molecule has 0 fully saturated rings. The van der Waals surface area contributed by atoms with E-state index in [1.807, 2.05) is 0 Å². The molecule has 6 heteroatoms. The van der Waals surface area contributed by atoms with Gasteiger partial charge in [0.1, 0.15) is 11.7 Å². The molecule has 2 aromatic rings. The van der Waals surface area contributed by atoms with Gasteiger partial charge in [0.25, 0.3) is 0 Å². The van der Waals surface area contributed by atoms with Crippen LogP contribution < -0.4 is 0 Å². The van der Waals surface area contributed by atoms with E-state index in [-0.39, 0.29) is 11.1 Å². The van der Waals surface area contributed by atoms with Crippen LogP contribution in [0.1, 0.15) is 37.8 Å². The fourth-order valence-corrected chi connectivity index (χ4v) is 2.68. The molecule has 22 heavy (non-hydrogen) atoms. The molecule has 0 saturated carbocycles. The number of ketones is 2. The molecule has 1 aliphatic rings. The second-order valence-electron chi connectivity index (χ2n) is 4.91. The van der Waals surface area contributed by atoms with Crippen molar-refractivity contribution in [1.29, 1.82) is 0 Å². The summed E-state index contributed by atoms with van der Waals surface area (Å²) in [5.41, 5.74) is -2.16. The third-order valence-electron chi connectivity index (χ3n) is 3.63. The molecule has 2 aromatic carbocycles. The number of halogens is 4. The van der Waals surface area contributed by atoms with Crippen LogP contribution in [0, 0.1) is 5.82 Å². The number of alkyl halides is 3. The zero-order valence-corrected chi connectivity index (χ0v) is 10.9. The first-order valence-corrected chi connectivity index (χ1v) is 6.35. The summed E-state index contributed by atoms with van der Waals surface area (Å²) in [6, 6.07) is 8.08. The highest BCUT2D eigenvalue weighted by Gasteiger charge is 2.45. The van der Waals surface area contributed by atoms with Gasteiger partial charge in [-0.1, -0.05) is 30.3 Å². The van der Waals surface area contributed by atoms with Crippen molar-refractivity contribution in [2.24, 2.45) is 0 Å². The zero-order chi connectivity index (χ0) is 16.1. The molecule has 112 valence electrons. The molecule has 0 N–H and O–H groups in total. The first kappa shape index (κ1) is 14.4. The van der Waals surface area contributed by atoms with Crippen molar-refractivity contribution in [3.05, 3.63) is 70.5 Å². The molecule has 0 spiro atoms. The van der Waals surface area contributed by atoms with E-state index in [9.17, 15) is 27.2 Å². The Morgan fingerprint density at radius 3 is 1.86 bits per heavy atom. The van der Waals surface area contributed by atoms with E-state index in [0.29, 0.717) is 6.07 Å². The Labute approximate surface area is 122 Å². The monoisotopic (exact) mass is 308 g/mol. The number of carbonyl (C=O) groups is 2. The fraction of sp³-hybridized carbons (Fsp3) is 0.125. The standard InChI is InChI=1S/C16H8F4O2/c17-11-7-3-6-10(16(18,19)20)12(11)13-14(21)8-4-1-2-5-9(8)15(13)22/h1-7,13H. The molecule has 0 aliphatic heterocycles. The molecule has 0 unspecified atom stereocenters. The molecule has 0 bridgehead atoms. The largest absolute Gasteiger partial charge is 0.416 e. The zero-order valence-electron chi connectivity index (χ0n) is 10.9. The SMILES string of the molecule is O=C1c2ccccc2C(=O)C1c1c(F)cccc1C(F)(F)F. The number of Topliss-reactive ketones (excluding diaryl/α,β-unsaturated/α-hetero) is 2. The normalized spacial score (nSPS) is 15.3. The summed E-state index contributed by atoms with van der Waals surface area (Å²) in [6.45, 7) is 0. The van der Waals surface area contributed by atoms with E-state index in [2.05, 4.69) is 0 Å². The summed E-state index contributed by atoms with van der Waals surface area (Å²) >= 11 is 0. The number of fused-ring (bicyclic) bond motifs is 1. The molecule has 2 nitrogen and oxygen atoms in total. The van der Waals surface area contributed by atoms with E-state index >= 15 is 0 Å². The molecule has 0 radical (unpaired) electrons. The van der Waals surface area contributed by atoms with Gasteiger partial charge in [-0.15, -0.1) is 0 Å². The topological polar surface area (TPSA) is 34.1 Å². The first-order valence-electron chi connectivity index (χ1n) is 6.35. The van der Waals surface area contributed by atoms with E-state index in [4.69, 9.17) is 0 Å². The maximum absolute atomic E-state index is 14.0. The molecular weight excluding hydrogens is 300 g/mol. The Balaban J connectivity index is 2.23. The van der Waals surface area contributed by atoms with Crippen molar-refractivity contribution in [2.75, 3.05) is 0 Å². The Bertz CT molecular complexity index is 758. The second-order valence-corrected chi connectivity index (χ2v) is 4.91. The summed E-state index contributed by atoms with van der Waals surface area (Å²) in [4.78, 5) is 24.6. The predicted octanol–water partition coefficient (Wildman–Crippen LogP) is 4.01. The first-order chi connectivity index (χ1) is 10.3. The Morgan fingerprint density at radius 2 is 1.36 bits per heavy atom. The Kier molecular flexibility index (Phi) is 3.12. The van der Waals surface area contributed by atoms with Crippen molar-refractivity contribution in [1.82, 2.24) is 0 Å². The van der Waals surface area contributed by atoms with Crippen molar-refractivity contribution in [3.63, 3.8) is 0 Å². The number of hydrogen-bond donors (Lipinski definition) is 0. The maximum Gasteiger partial charge on any atom is 0.416 e. The number of hydrogen-bond acceptors (Lipinski definition) is 2. The highest BCUT2D eigenvalue weighted by molar-refractivity contribution is 6.29. The van der Waals surface area contributed by atoms with Crippen LogP contribution in [-0.4, -0.2) is 11.6 Å². The second kappa shape index (κ2) is 4.76. The van der Waals surface area contributed by atoms with Crippen LogP contribution in [0.25, 0.3) is 0 Å². The van der Waals surface area contributed by atoms with Gasteiger partial charge in [-0.2, -0.15) is 13.2 Å². The summed E-state index contributed by atoms with van der Waals surface area (Å²) in [6.07, 6.45) is -4.85. The lowest BCUT2D eigenvalue weighted by Crippen LogP contribution is -2.20. The van der Waals surface area contributed by atoms with Crippen molar-refractivity contribution in [3.8, 4) is 0 Å². The van der Waals surface area contributed by atoms with Gasteiger partial charge < -0.3 is 0 Å². The van der Waals surface area contributed by atoms with Gasteiger partial charge in [-0.05, 0) is 12.1 Å². The highest BCUT2D eigenvalue weighted by atomic mass is 19.4. The van der Waals surface area contributed by atoms with Gasteiger partial charge in [0.2, 0.25) is 0 Å². The van der Waals surface area contributed by atoms with Crippen LogP contribution in [0.5, 0.6) is 0 Å². The third-order valence-corrected chi connectivity index (χ3v) is 3.63. The van der Waals surface area contributed by atoms with E-state index in [0.717, 1.165) is 12.1 Å². The van der Waals surface area contributed by atoms with E-state index in [1.165, 1.54) is 24.3 Å². The van der Waals surface area contributed by atoms with Crippen LogP contribution in [0.4, 0.5) is 17.6 Å². The predicted molar refractivity (Wildman–Crippen MR) is 69.2 cm³/mol. The van der Waals surface area contributed by atoms with Gasteiger partial charge in [0, 0.05) is 16.7 Å². The van der Waals surface area contributed by atoms with Crippen LogP contribution in [-0.2, 0) is 6.18 Å². The molecule has 0 aromatic heterocycles. The van der Waals surface area contributed by atoms with Crippen molar-refractivity contribution >= 4 is 11.6 Å². The van der Waals surface area contributed by atoms with Crippen LogP contribution in [0.3, 0.4) is 0 Å². The average Bonchev–Trinajstić information content (AvgIpc) is 2.71. The van der Waals surface area contributed by atoms with Gasteiger partial charge >= 0.3 is 6.18 Å². The smallest absolute Gasteiger partial charge is 0.293 e.